The summed E-state index contributed by atoms with van der Waals surface area (Å²) in [5, 5.41) is 12.3. The van der Waals surface area contributed by atoms with Crippen LogP contribution in [0.2, 0.25) is 5.02 Å². The Balaban J connectivity index is 1.53. The maximum Gasteiger partial charge on any atom is 0.286 e. The molecule has 1 fully saturated rings. The van der Waals surface area contributed by atoms with Crippen LogP contribution in [0.25, 0.3) is 0 Å². The highest BCUT2D eigenvalue weighted by Crippen LogP contribution is 2.24. The van der Waals surface area contributed by atoms with Crippen LogP contribution < -0.4 is 10.1 Å². The first kappa shape index (κ1) is 17.8. The molecule has 0 spiro atoms. The van der Waals surface area contributed by atoms with Crippen molar-refractivity contribution < 1.29 is 19.4 Å². The summed E-state index contributed by atoms with van der Waals surface area (Å²) in [5.41, 5.74) is 1.67. The van der Waals surface area contributed by atoms with Crippen LogP contribution in [0.15, 0.2) is 48.5 Å². The molecule has 1 heterocycles. The summed E-state index contributed by atoms with van der Waals surface area (Å²) in [6.45, 7) is 0.121. The highest BCUT2D eigenvalue weighted by atomic mass is 35.5. The zero-order chi connectivity index (χ0) is 17.8. The Morgan fingerprint density at radius 3 is 2.40 bits per heavy atom. The molecule has 2 aromatic rings. The smallest absolute Gasteiger partial charge is 0.286 e. The number of carbonyl (C=O) groups is 2. The zero-order valence-electron chi connectivity index (χ0n) is 13.1. The Labute approximate surface area is 154 Å². The molecule has 0 radical (unpaired) electrons. The molecule has 3 rings (SSSR count). The fourth-order valence-corrected chi connectivity index (χ4v) is 3.41. The third-order valence-corrected chi connectivity index (χ3v) is 5.01. The average molecular weight is 378 g/mol. The normalized spacial score (nSPS) is 18.1. The van der Waals surface area contributed by atoms with Gasteiger partial charge in [0.1, 0.15) is 18.5 Å². The number of amides is 2. The molecule has 1 saturated heterocycles. The number of hydrogen-bond donors (Lipinski definition) is 2. The van der Waals surface area contributed by atoms with Gasteiger partial charge in [0.05, 0.1) is 5.25 Å². The summed E-state index contributed by atoms with van der Waals surface area (Å²) in [6, 6.07) is 14.2. The highest BCUT2D eigenvalue weighted by molar-refractivity contribution is 8.15. The average Bonchev–Trinajstić information content (AvgIpc) is 2.92. The minimum Gasteiger partial charge on any atom is -0.491 e. The predicted octanol–water partition coefficient (Wildman–Crippen LogP) is 3.35. The molecular weight excluding hydrogens is 362 g/mol. The first-order valence-corrected chi connectivity index (χ1v) is 8.94. The van der Waals surface area contributed by atoms with Gasteiger partial charge < -0.3 is 9.84 Å². The largest absolute Gasteiger partial charge is 0.491 e. The van der Waals surface area contributed by atoms with Crippen molar-refractivity contribution in [2.24, 2.45) is 0 Å². The van der Waals surface area contributed by atoms with E-state index in [0.29, 0.717) is 17.2 Å². The van der Waals surface area contributed by atoms with Crippen molar-refractivity contribution in [3.63, 3.8) is 0 Å². The topological polar surface area (TPSA) is 75.6 Å². The maximum atomic E-state index is 11.6. The van der Waals surface area contributed by atoms with E-state index in [1.165, 1.54) is 0 Å². The van der Waals surface area contributed by atoms with Crippen molar-refractivity contribution in [3.8, 4) is 5.75 Å². The first-order valence-electron chi connectivity index (χ1n) is 7.68. The number of imide groups is 1. The van der Waals surface area contributed by atoms with Gasteiger partial charge in [0.2, 0.25) is 5.91 Å². The Hall–Kier alpha value is -2.02. The van der Waals surface area contributed by atoms with Gasteiger partial charge in [0.15, 0.2) is 0 Å². The van der Waals surface area contributed by atoms with Gasteiger partial charge in [0, 0.05) is 5.02 Å². The van der Waals surface area contributed by atoms with Crippen LogP contribution in [-0.2, 0) is 11.2 Å². The molecule has 25 heavy (non-hydrogen) atoms. The Morgan fingerprint density at radius 2 is 1.80 bits per heavy atom. The summed E-state index contributed by atoms with van der Waals surface area (Å²) < 4.78 is 5.59. The predicted molar refractivity (Wildman–Crippen MR) is 97.0 cm³/mol. The van der Waals surface area contributed by atoms with Crippen LogP contribution in [0.3, 0.4) is 0 Å². The number of benzene rings is 2. The zero-order valence-corrected chi connectivity index (χ0v) is 14.7. The number of rotatable bonds is 6. The summed E-state index contributed by atoms with van der Waals surface area (Å²) in [4.78, 5) is 22.7. The molecule has 0 aliphatic carbocycles. The number of carbonyl (C=O) groups excluding carboxylic acids is 2. The van der Waals surface area contributed by atoms with E-state index in [1.54, 1.807) is 36.4 Å². The monoisotopic (exact) mass is 377 g/mol. The number of aliphatic hydroxyl groups excluding tert-OH is 1. The van der Waals surface area contributed by atoms with Crippen LogP contribution in [-0.4, -0.2) is 28.1 Å². The fraction of sp³-hybridized carbons (Fsp3) is 0.222. The van der Waals surface area contributed by atoms with Crippen LogP contribution in [0.5, 0.6) is 5.75 Å². The molecule has 0 aromatic heterocycles. The number of halogens is 1. The van der Waals surface area contributed by atoms with Crippen LogP contribution in [0.1, 0.15) is 17.2 Å². The number of thioether (sulfide) groups is 1. The van der Waals surface area contributed by atoms with Gasteiger partial charge in [-0.25, -0.2) is 0 Å². The molecule has 1 aliphatic rings. The van der Waals surface area contributed by atoms with Crippen molar-refractivity contribution in [2.75, 3.05) is 6.61 Å². The van der Waals surface area contributed by atoms with Crippen molar-refractivity contribution in [3.05, 3.63) is 64.7 Å². The number of hydrogen-bond acceptors (Lipinski definition) is 5. The molecule has 1 unspecified atom stereocenters. The van der Waals surface area contributed by atoms with Crippen LogP contribution in [0, 0.1) is 0 Å². The van der Waals surface area contributed by atoms with E-state index in [-0.39, 0.29) is 23.0 Å². The first-order chi connectivity index (χ1) is 12.0. The van der Waals surface area contributed by atoms with Crippen LogP contribution in [0.4, 0.5) is 4.79 Å². The van der Waals surface area contributed by atoms with E-state index in [0.717, 1.165) is 22.9 Å². The van der Waals surface area contributed by atoms with E-state index in [2.05, 4.69) is 5.32 Å². The Kier molecular flexibility index (Phi) is 5.63. The van der Waals surface area contributed by atoms with Gasteiger partial charge in [0.25, 0.3) is 5.24 Å². The quantitative estimate of drug-likeness (QED) is 0.807. The van der Waals surface area contributed by atoms with Gasteiger partial charge in [-0.05, 0) is 41.8 Å². The van der Waals surface area contributed by atoms with Gasteiger partial charge in [-0.1, -0.05) is 47.6 Å². The van der Waals surface area contributed by atoms with Crippen molar-refractivity contribution in [2.45, 2.75) is 17.8 Å². The molecular formula is C18H16ClNO4S. The maximum absolute atomic E-state index is 11.6. The third-order valence-electron chi connectivity index (χ3n) is 3.77. The Morgan fingerprint density at radius 1 is 1.12 bits per heavy atom. The number of aliphatic hydroxyl groups is 1. The standard InChI is InChI=1S/C18H16ClNO4S/c19-13-5-3-12(4-6-13)15(21)10-24-14-7-1-11(2-8-14)9-16-17(22)20-18(23)25-16/h1-8,15-16,21H,9-10H2,(H,20,22,23)/t15-,16?/m1/s1. The molecule has 0 saturated carbocycles. The molecule has 2 amide bonds. The van der Waals surface area contributed by atoms with E-state index in [4.69, 9.17) is 16.3 Å². The lowest BCUT2D eigenvalue weighted by Crippen LogP contribution is -2.25. The van der Waals surface area contributed by atoms with E-state index >= 15 is 0 Å². The van der Waals surface area contributed by atoms with E-state index < -0.39 is 6.10 Å². The second-order valence-corrected chi connectivity index (χ2v) is 7.22. The minimum atomic E-state index is -0.749. The SMILES string of the molecule is O=C1NC(=O)C(Cc2ccc(OC[C@@H](O)c3ccc(Cl)cc3)cc2)S1. The van der Waals surface area contributed by atoms with Gasteiger partial charge in [-0.3, -0.25) is 14.9 Å². The molecule has 5 nitrogen and oxygen atoms in total. The lowest BCUT2D eigenvalue weighted by atomic mass is 10.1. The highest BCUT2D eigenvalue weighted by Gasteiger charge is 2.31. The van der Waals surface area contributed by atoms with E-state index in [9.17, 15) is 14.7 Å². The molecule has 2 atom stereocenters. The molecule has 2 N–H and O–H groups in total. The van der Waals surface area contributed by atoms with Gasteiger partial charge >= 0.3 is 0 Å². The summed E-state index contributed by atoms with van der Waals surface area (Å²) >= 11 is 6.84. The van der Waals surface area contributed by atoms with Crippen molar-refractivity contribution in [1.82, 2.24) is 5.32 Å². The minimum absolute atomic E-state index is 0.121. The molecule has 7 heteroatoms. The van der Waals surface area contributed by atoms with Gasteiger partial charge in [-0.15, -0.1) is 0 Å². The van der Waals surface area contributed by atoms with Crippen LogP contribution >= 0.6 is 23.4 Å². The molecule has 1 aliphatic heterocycles. The lowest BCUT2D eigenvalue weighted by molar-refractivity contribution is -0.118. The second-order valence-electron chi connectivity index (χ2n) is 5.61. The summed E-state index contributed by atoms with van der Waals surface area (Å²) in [7, 11) is 0. The second kappa shape index (κ2) is 7.91. The van der Waals surface area contributed by atoms with Crippen molar-refractivity contribution in [1.29, 1.82) is 0 Å². The number of ether oxygens (including phenoxy) is 1. The lowest BCUT2D eigenvalue weighted by Gasteiger charge is -2.13. The Bertz CT molecular complexity index is 764. The summed E-state index contributed by atoms with van der Waals surface area (Å²) in [6.07, 6.45) is -0.267. The number of nitrogens with one attached hydrogen (secondary N) is 1. The molecule has 2 aromatic carbocycles. The van der Waals surface area contributed by atoms with E-state index in [1.807, 2.05) is 12.1 Å². The van der Waals surface area contributed by atoms with Gasteiger partial charge in [-0.2, -0.15) is 0 Å². The third kappa shape index (κ3) is 4.75. The summed E-state index contributed by atoms with van der Waals surface area (Å²) in [5.74, 6) is 0.373. The molecule has 130 valence electrons. The van der Waals surface area contributed by atoms with Crippen molar-refractivity contribution >= 4 is 34.5 Å². The molecule has 0 bridgehead atoms. The fourth-order valence-electron chi connectivity index (χ4n) is 2.42.